The van der Waals surface area contributed by atoms with Crippen molar-refractivity contribution in [3.8, 4) is 0 Å². The van der Waals surface area contributed by atoms with Gasteiger partial charge in [0.25, 0.3) is 0 Å². The molecule has 0 spiro atoms. The summed E-state index contributed by atoms with van der Waals surface area (Å²) in [7, 11) is 1.93. The largest absolute Gasteiger partial charge is 0.395 e. The van der Waals surface area contributed by atoms with E-state index in [0.29, 0.717) is 6.54 Å². The van der Waals surface area contributed by atoms with E-state index >= 15 is 0 Å². The first-order valence-electron chi connectivity index (χ1n) is 6.55. The normalized spacial score (nSPS) is 14.3. The number of aliphatic hydroxyl groups is 1. The molecule has 1 aromatic heterocycles. The van der Waals surface area contributed by atoms with Gasteiger partial charge >= 0.3 is 0 Å². The molecule has 0 saturated carbocycles. The van der Waals surface area contributed by atoms with Crippen LogP contribution >= 0.6 is 0 Å². The zero-order valence-electron chi connectivity index (χ0n) is 11.3. The van der Waals surface area contributed by atoms with Crippen molar-refractivity contribution in [2.24, 2.45) is 12.8 Å². The molecule has 19 heavy (non-hydrogen) atoms. The molecule has 1 unspecified atom stereocenters. The lowest BCUT2D eigenvalue weighted by atomic mass is 9.77. The van der Waals surface area contributed by atoms with Crippen molar-refractivity contribution in [3.63, 3.8) is 0 Å². The lowest BCUT2D eigenvalue weighted by Gasteiger charge is -2.31. The van der Waals surface area contributed by atoms with Gasteiger partial charge in [-0.05, 0) is 24.5 Å². The van der Waals surface area contributed by atoms with Crippen molar-refractivity contribution in [3.05, 3.63) is 53.9 Å². The minimum atomic E-state index is -0.370. The summed E-state index contributed by atoms with van der Waals surface area (Å²) in [5.74, 6) is 0. The number of aromatic nitrogens is 2. The Morgan fingerprint density at radius 2 is 2.00 bits per heavy atom. The molecule has 1 atom stereocenters. The van der Waals surface area contributed by atoms with Gasteiger partial charge in [-0.2, -0.15) is 5.10 Å². The fraction of sp³-hybridized carbons (Fsp3) is 0.400. The smallest absolute Gasteiger partial charge is 0.0540 e. The van der Waals surface area contributed by atoms with Gasteiger partial charge in [-0.1, -0.05) is 30.3 Å². The number of benzene rings is 1. The van der Waals surface area contributed by atoms with Crippen LogP contribution in [0.1, 0.15) is 17.7 Å². The van der Waals surface area contributed by atoms with Crippen LogP contribution in [-0.2, 0) is 18.9 Å². The minimum absolute atomic E-state index is 0.0609. The molecule has 0 radical (unpaired) electrons. The van der Waals surface area contributed by atoms with E-state index in [4.69, 9.17) is 5.73 Å². The number of nitrogens with two attached hydrogens (primary N) is 1. The van der Waals surface area contributed by atoms with E-state index in [1.807, 2.05) is 48.1 Å². The Bertz CT molecular complexity index is 503. The maximum absolute atomic E-state index is 9.83. The molecule has 1 heterocycles. The zero-order chi connectivity index (χ0) is 13.7. The Labute approximate surface area is 113 Å². The Hall–Kier alpha value is -1.65. The molecule has 0 aliphatic heterocycles. The van der Waals surface area contributed by atoms with Crippen molar-refractivity contribution in [2.45, 2.75) is 18.3 Å². The van der Waals surface area contributed by atoms with E-state index in [0.717, 1.165) is 24.1 Å². The third kappa shape index (κ3) is 2.85. The second-order valence-electron chi connectivity index (χ2n) is 4.95. The fourth-order valence-corrected chi connectivity index (χ4v) is 2.40. The van der Waals surface area contributed by atoms with Crippen LogP contribution in [0.2, 0.25) is 0 Å². The molecule has 2 rings (SSSR count). The molecule has 4 heteroatoms. The van der Waals surface area contributed by atoms with Gasteiger partial charge < -0.3 is 10.8 Å². The molecule has 2 aromatic rings. The molecule has 0 aliphatic rings. The Morgan fingerprint density at radius 1 is 1.26 bits per heavy atom. The molecule has 3 N–H and O–H groups in total. The number of hydrogen-bond donors (Lipinski definition) is 2. The van der Waals surface area contributed by atoms with Gasteiger partial charge in [0.15, 0.2) is 0 Å². The second kappa shape index (κ2) is 5.99. The monoisotopic (exact) mass is 259 g/mol. The van der Waals surface area contributed by atoms with Gasteiger partial charge in [-0.3, -0.25) is 4.68 Å². The summed E-state index contributed by atoms with van der Waals surface area (Å²) in [5, 5.41) is 14.0. The summed E-state index contributed by atoms with van der Waals surface area (Å²) >= 11 is 0. The highest BCUT2D eigenvalue weighted by Gasteiger charge is 2.29. The second-order valence-corrected chi connectivity index (χ2v) is 4.95. The average molecular weight is 259 g/mol. The summed E-state index contributed by atoms with van der Waals surface area (Å²) < 4.78 is 1.86. The Balaban J connectivity index is 2.18. The molecule has 4 nitrogen and oxygen atoms in total. The van der Waals surface area contributed by atoms with Gasteiger partial charge in [0.1, 0.15) is 0 Å². The molecule has 0 amide bonds. The Morgan fingerprint density at radius 3 is 2.53 bits per heavy atom. The summed E-state index contributed by atoms with van der Waals surface area (Å²) in [6, 6.07) is 12.0. The van der Waals surface area contributed by atoms with Crippen LogP contribution in [0.5, 0.6) is 0 Å². The Kier molecular flexibility index (Phi) is 4.35. The first-order valence-corrected chi connectivity index (χ1v) is 6.55. The van der Waals surface area contributed by atoms with Crippen LogP contribution in [0, 0.1) is 0 Å². The highest BCUT2D eigenvalue weighted by atomic mass is 16.3. The van der Waals surface area contributed by atoms with Crippen LogP contribution < -0.4 is 5.73 Å². The molecular formula is C15H21N3O. The van der Waals surface area contributed by atoms with Crippen LogP contribution in [0.25, 0.3) is 0 Å². The molecule has 1 aromatic carbocycles. The summed E-state index contributed by atoms with van der Waals surface area (Å²) in [6.07, 6.45) is 3.45. The van der Waals surface area contributed by atoms with E-state index in [1.165, 1.54) is 0 Å². The number of nitrogens with zero attached hydrogens (tertiary/aromatic N) is 2. The lowest BCUT2D eigenvalue weighted by molar-refractivity contribution is 0.187. The molecule has 102 valence electrons. The van der Waals surface area contributed by atoms with Crippen molar-refractivity contribution >= 4 is 0 Å². The molecule has 0 aliphatic carbocycles. The van der Waals surface area contributed by atoms with Crippen LogP contribution in [0.4, 0.5) is 0 Å². The topological polar surface area (TPSA) is 64.1 Å². The highest BCUT2D eigenvalue weighted by molar-refractivity contribution is 5.26. The van der Waals surface area contributed by atoms with E-state index in [9.17, 15) is 5.11 Å². The van der Waals surface area contributed by atoms with Gasteiger partial charge in [0.05, 0.1) is 6.61 Å². The summed E-state index contributed by atoms with van der Waals surface area (Å²) in [4.78, 5) is 0. The highest BCUT2D eigenvalue weighted by Crippen LogP contribution is 2.28. The third-order valence-electron chi connectivity index (χ3n) is 3.86. The number of aryl methyl sites for hydroxylation is 2. The van der Waals surface area contributed by atoms with Gasteiger partial charge in [-0.25, -0.2) is 0 Å². The minimum Gasteiger partial charge on any atom is -0.395 e. The molecular weight excluding hydrogens is 238 g/mol. The fourth-order valence-electron chi connectivity index (χ4n) is 2.40. The van der Waals surface area contributed by atoms with Crippen molar-refractivity contribution in [1.82, 2.24) is 9.78 Å². The maximum atomic E-state index is 9.83. The molecule has 0 fully saturated rings. The number of hydrogen-bond acceptors (Lipinski definition) is 3. The van der Waals surface area contributed by atoms with Gasteiger partial charge in [-0.15, -0.1) is 0 Å². The predicted octanol–water partition coefficient (Wildman–Crippen LogP) is 1.24. The lowest BCUT2D eigenvalue weighted by Crippen LogP contribution is -2.39. The predicted molar refractivity (Wildman–Crippen MR) is 75.8 cm³/mol. The zero-order valence-corrected chi connectivity index (χ0v) is 11.3. The van der Waals surface area contributed by atoms with E-state index in [2.05, 4.69) is 5.10 Å². The standard InChI is InChI=1S/C15H21N3O/c1-18-14(8-10-17-18)7-9-15(11-16,12-19)13-5-3-2-4-6-13/h2-6,8,10,19H,7,9,11-12,16H2,1H3. The SMILES string of the molecule is Cn1nccc1CCC(CN)(CO)c1ccccc1. The van der Waals surface area contributed by atoms with E-state index in [1.54, 1.807) is 6.20 Å². The van der Waals surface area contributed by atoms with Gasteiger partial charge in [0.2, 0.25) is 0 Å². The number of rotatable bonds is 6. The third-order valence-corrected chi connectivity index (χ3v) is 3.86. The van der Waals surface area contributed by atoms with Crippen LogP contribution in [-0.4, -0.2) is 28.0 Å². The first-order chi connectivity index (χ1) is 9.22. The van der Waals surface area contributed by atoms with Crippen molar-refractivity contribution < 1.29 is 5.11 Å². The quantitative estimate of drug-likeness (QED) is 0.820. The van der Waals surface area contributed by atoms with Gasteiger partial charge in [0, 0.05) is 30.9 Å². The van der Waals surface area contributed by atoms with Crippen molar-refractivity contribution in [1.29, 1.82) is 0 Å². The average Bonchev–Trinajstić information content (AvgIpc) is 2.87. The molecule has 0 saturated heterocycles. The van der Waals surface area contributed by atoms with Crippen LogP contribution in [0.15, 0.2) is 42.6 Å². The maximum Gasteiger partial charge on any atom is 0.0540 e. The number of aliphatic hydroxyl groups excluding tert-OH is 1. The first kappa shape index (κ1) is 13.8. The van der Waals surface area contributed by atoms with E-state index < -0.39 is 0 Å². The van der Waals surface area contributed by atoms with Crippen molar-refractivity contribution in [2.75, 3.05) is 13.2 Å². The van der Waals surface area contributed by atoms with Crippen LogP contribution in [0.3, 0.4) is 0 Å². The summed E-state index contributed by atoms with van der Waals surface area (Å²) in [6.45, 7) is 0.497. The molecule has 0 bridgehead atoms. The van der Waals surface area contributed by atoms with E-state index in [-0.39, 0.29) is 12.0 Å². The summed E-state index contributed by atoms with van der Waals surface area (Å²) in [5.41, 5.74) is 7.83.